The van der Waals surface area contributed by atoms with Crippen LogP contribution in [0, 0.1) is 0 Å². The van der Waals surface area contributed by atoms with Crippen LogP contribution in [0.3, 0.4) is 0 Å². The van der Waals surface area contributed by atoms with Gasteiger partial charge in [0.15, 0.2) is 0 Å². The van der Waals surface area contributed by atoms with Gasteiger partial charge in [0.05, 0.1) is 5.41 Å². The van der Waals surface area contributed by atoms with Crippen molar-refractivity contribution in [3.8, 4) is 0 Å². The van der Waals surface area contributed by atoms with Crippen LogP contribution in [0.2, 0.25) is 0 Å². The first-order valence-corrected chi connectivity index (χ1v) is 8.59. The Morgan fingerprint density at radius 1 is 1.17 bits per heavy atom. The second-order valence-corrected chi connectivity index (χ2v) is 6.84. The normalized spacial score (nSPS) is 21.4. The van der Waals surface area contributed by atoms with Gasteiger partial charge in [-0.05, 0) is 38.3 Å². The van der Waals surface area contributed by atoms with Crippen molar-refractivity contribution in [2.24, 2.45) is 0 Å². The first-order chi connectivity index (χ1) is 11.8. The van der Waals surface area contributed by atoms with Gasteiger partial charge in [-0.3, -0.25) is 9.59 Å². The molecule has 1 aromatic carbocycles. The van der Waals surface area contributed by atoms with Gasteiger partial charge < -0.3 is 9.69 Å². The number of rotatable bonds is 9. The molecule has 4 nitrogen and oxygen atoms in total. The van der Waals surface area contributed by atoms with E-state index in [0.717, 1.165) is 30.5 Å². The molecule has 0 aliphatic carbocycles. The number of carbonyl (C=O) groups is 3. The van der Waals surface area contributed by atoms with Crippen LogP contribution in [-0.2, 0) is 19.8 Å². The van der Waals surface area contributed by atoms with Crippen molar-refractivity contribution in [3.05, 3.63) is 29.8 Å². The monoisotopic (exact) mass is 330 g/mol. The predicted octanol–water partition coefficient (Wildman–Crippen LogP) is 3.81. The number of hydrogen-bond acceptors (Lipinski definition) is 3. The van der Waals surface area contributed by atoms with Crippen molar-refractivity contribution in [1.82, 2.24) is 0 Å². The first kappa shape index (κ1) is 16.9. The molecule has 2 unspecified atom stereocenters. The Labute approximate surface area is 145 Å². The topological polar surface area (TPSA) is 54.5 Å². The Kier molecular flexibility index (Phi) is 5.44. The summed E-state index contributed by atoms with van der Waals surface area (Å²) >= 11 is 0. The summed E-state index contributed by atoms with van der Waals surface area (Å²) in [5.41, 5.74) is 1.03. The van der Waals surface area contributed by atoms with E-state index >= 15 is 0 Å². The van der Waals surface area contributed by atoms with E-state index in [4.69, 9.17) is 1.37 Å². The summed E-state index contributed by atoms with van der Waals surface area (Å²) in [7, 11) is 1.75. The van der Waals surface area contributed by atoms with Gasteiger partial charge in [-0.15, -0.1) is 0 Å². The summed E-state index contributed by atoms with van der Waals surface area (Å²) < 4.78 is 7.57. The van der Waals surface area contributed by atoms with E-state index in [2.05, 4.69) is 0 Å². The number of hydrogen-bond donors (Lipinski definition) is 0. The van der Waals surface area contributed by atoms with Crippen LogP contribution < -0.4 is 4.90 Å². The van der Waals surface area contributed by atoms with E-state index in [1.807, 2.05) is 31.2 Å². The Bertz CT molecular complexity index is 673. The summed E-state index contributed by atoms with van der Waals surface area (Å²) in [5, 5.41) is 0. The fourth-order valence-corrected chi connectivity index (χ4v) is 3.43. The molecule has 130 valence electrons. The van der Waals surface area contributed by atoms with E-state index in [9.17, 15) is 14.4 Å². The fraction of sp³-hybridized carbons (Fsp3) is 0.550. The number of unbranched alkanes of at least 4 members (excludes halogenated alkanes) is 2. The maximum Gasteiger partial charge on any atom is 0.237 e. The number of amides is 1. The largest absolute Gasteiger partial charge is 0.314 e. The van der Waals surface area contributed by atoms with Gasteiger partial charge in [0.25, 0.3) is 0 Å². The average Bonchev–Trinajstić information content (AvgIpc) is 2.76. The number of carbonyl (C=O) groups excluding carboxylic acids is 3. The van der Waals surface area contributed by atoms with Crippen LogP contribution in [0.5, 0.6) is 0 Å². The molecule has 0 N–H and O–H groups in total. The van der Waals surface area contributed by atoms with Gasteiger partial charge in [-0.25, -0.2) is 0 Å². The van der Waals surface area contributed by atoms with E-state index in [0.29, 0.717) is 12.8 Å². The van der Waals surface area contributed by atoms with Crippen molar-refractivity contribution >= 4 is 23.2 Å². The van der Waals surface area contributed by atoms with Crippen molar-refractivity contribution < 1.29 is 15.8 Å². The van der Waals surface area contributed by atoms with Crippen molar-refractivity contribution in [2.75, 3.05) is 11.9 Å². The standard InChI is InChI=1S/C20H27NO3/c1-15(22)10-6-4-5-7-11-16(23)14-20(2)17-12-8-9-13-18(17)21(3)19(20)24/h8-9,12-13H,4-7,10-11,14H2,1-3H3/i10D. The molecule has 2 rings (SSSR count). The highest BCUT2D eigenvalue weighted by atomic mass is 16.2. The number of fused-ring (bicyclic) bond motifs is 1. The minimum absolute atomic E-state index is 0.0273. The smallest absolute Gasteiger partial charge is 0.237 e. The molecule has 2 atom stereocenters. The number of likely N-dealkylation sites (N-methyl/N-ethyl adjacent to an activating group) is 1. The molecule has 0 fully saturated rings. The van der Waals surface area contributed by atoms with Crippen LogP contribution in [0.1, 0.15) is 65.7 Å². The lowest BCUT2D eigenvalue weighted by Gasteiger charge is -2.22. The van der Waals surface area contributed by atoms with Gasteiger partial charge in [0.1, 0.15) is 11.6 Å². The third-order valence-electron chi connectivity index (χ3n) is 4.78. The molecule has 4 heteroatoms. The second-order valence-electron chi connectivity index (χ2n) is 6.84. The first-order valence-electron chi connectivity index (χ1n) is 9.17. The molecule has 1 aliphatic rings. The molecule has 1 heterocycles. The Balaban J connectivity index is 1.86. The van der Waals surface area contributed by atoms with Crippen molar-refractivity contribution in [3.63, 3.8) is 0 Å². The molecule has 0 radical (unpaired) electrons. The van der Waals surface area contributed by atoms with Gasteiger partial charge in [-0.2, -0.15) is 0 Å². The molecule has 0 spiro atoms. The predicted molar refractivity (Wildman–Crippen MR) is 95.2 cm³/mol. The highest BCUT2D eigenvalue weighted by molar-refractivity contribution is 6.09. The average molecular weight is 330 g/mol. The van der Waals surface area contributed by atoms with E-state index in [1.165, 1.54) is 6.92 Å². The summed E-state index contributed by atoms with van der Waals surface area (Å²) in [4.78, 5) is 37.7. The number of nitrogens with zero attached hydrogens (tertiary/aromatic N) is 1. The quantitative estimate of drug-likeness (QED) is 0.647. The highest BCUT2D eigenvalue weighted by Gasteiger charge is 2.46. The van der Waals surface area contributed by atoms with Crippen LogP contribution in [0.15, 0.2) is 24.3 Å². The zero-order valence-corrected chi connectivity index (χ0v) is 14.8. The SMILES string of the molecule is [2H]C(CCCCCC(=O)CC1(C)C(=O)N(C)c2ccccc21)C(C)=O. The lowest BCUT2D eigenvalue weighted by molar-refractivity contribution is -0.128. The summed E-state index contributed by atoms with van der Waals surface area (Å²) in [6.45, 7) is 3.29. The maximum atomic E-state index is 12.7. The Morgan fingerprint density at radius 3 is 2.54 bits per heavy atom. The molecule has 0 aromatic heterocycles. The second kappa shape index (κ2) is 7.73. The number of ketones is 2. The van der Waals surface area contributed by atoms with Crippen LogP contribution in [0.25, 0.3) is 0 Å². The molecular weight excluding hydrogens is 302 g/mol. The minimum atomic E-state index is -0.774. The number of para-hydroxylation sites is 1. The molecule has 1 aromatic rings. The van der Waals surface area contributed by atoms with Gasteiger partial charge in [0.2, 0.25) is 5.91 Å². The lowest BCUT2D eigenvalue weighted by Crippen LogP contribution is -2.37. The Hall–Kier alpha value is -1.97. The van der Waals surface area contributed by atoms with Crippen molar-refractivity contribution in [2.45, 2.75) is 64.2 Å². The summed E-state index contributed by atoms with van der Waals surface area (Å²) in [6, 6.07) is 7.65. The van der Waals surface area contributed by atoms with Crippen LogP contribution in [-0.4, -0.2) is 24.5 Å². The third kappa shape index (κ3) is 3.92. The molecule has 24 heavy (non-hydrogen) atoms. The van der Waals surface area contributed by atoms with Gasteiger partial charge in [0, 0.05) is 33.3 Å². The minimum Gasteiger partial charge on any atom is -0.314 e. The van der Waals surface area contributed by atoms with Crippen molar-refractivity contribution in [1.29, 1.82) is 0 Å². The zero-order chi connectivity index (χ0) is 18.6. The van der Waals surface area contributed by atoms with E-state index in [-0.39, 0.29) is 23.9 Å². The molecule has 0 saturated heterocycles. The van der Waals surface area contributed by atoms with Crippen LogP contribution >= 0.6 is 0 Å². The molecular formula is C20H27NO3. The highest BCUT2D eigenvalue weighted by Crippen LogP contribution is 2.43. The maximum absolute atomic E-state index is 12.7. The van der Waals surface area contributed by atoms with Gasteiger partial charge >= 0.3 is 0 Å². The van der Waals surface area contributed by atoms with Gasteiger partial charge in [-0.1, -0.05) is 31.0 Å². The number of benzene rings is 1. The molecule has 0 bridgehead atoms. The fourth-order valence-electron chi connectivity index (χ4n) is 3.43. The number of anilines is 1. The lowest BCUT2D eigenvalue weighted by atomic mass is 9.78. The zero-order valence-electron chi connectivity index (χ0n) is 15.8. The molecule has 0 saturated carbocycles. The number of Topliss-reactive ketones (excluding diaryl/α,β-unsaturated/α-hetero) is 2. The third-order valence-corrected chi connectivity index (χ3v) is 4.78. The Morgan fingerprint density at radius 2 is 1.83 bits per heavy atom. The molecule has 1 aliphatic heterocycles. The van der Waals surface area contributed by atoms with E-state index < -0.39 is 11.8 Å². The summed E-state index contributed by atoms with van der Waals surface area (Å²) in [5.74, 6) is -0.0398. The van der Waals surface area contributed by atoms with E-state index in [1.54, 1.807) is 11.9 Å². The van der Waals surface area contributed by atoms with Crippen LogP contribution in [0.4, 0.5) is 5.69 Å². The molecule has 1 amide bonds. The summed E-state index contributed by atoms with van der Waals surface area (Å²) in [6.07, 6.45) is 2.93.